The molecule has 36 heavy (non-hydrogen) atoms. The van der Waals surface area contributed by atoms with Crippen LogP contribution in [0.5, 0.6) is 0 Å². The fourth-order valence-corrected chi connectivity index (χ4v) is 4.68. The first-order valence-electron chi connectivity index (χ1n) is 11.2. The number of hydrogen-bond donors (Lipinski definition) is 0. The monoisotopic (exact) mass is 522 g/mol. The molecule has 0 aliphatic rings. The number of Topliss-reactive ketones (excluding diaryl/α,β-unsaturated/α-hetero) is 1. The van der Waals surface area contributed by atoms with Crippen molar-refractivity contribution in [1.29, 1.82) is 0 Å². The van der Waals surface area contributed by atoms with E-state index in [1.54, 1.807) is 48.8 Å². The van der Waals surface area contributed by atoms with E-state index in [9.17, 15) is 13.6 Å². The van der Waals surface area contributed by atoms with E-state index in [2.05, 4.69) is 19.9 Å². The molecule has 0 aliphatic carbocycles. The summed E-state index contributed by atoms with van der Waals surface area (Å²) in [6, 6.07) is 15.7. The van der Waals surface area contributed by atoms with Crippen molar-refractivity contribution in [3.05, 3.63) is 107 Å². The maximum absolute atomic E-state index is 14.3. The van der Waals surface area contributed by atoms with Gasteiger partial charge in [-0.05, 0) is 72.9 Å². The number of benzene rings is 2. The molecule has 2 aromatic carbocycles. The maximum Gasteiger partial charge on any atom is 0.187 e. The van der Waals surface area contributed by atoms with Crippen molar-refractivity contribution >= 4 is 29.3 Å². The van der Waals surface area contributed by atoms with Crippen LogP contribution in [-0.4, -0.2) is 38.2 Å². The topological polar surface area (TPSA) is 68.6 Å². The SMILES string of the molecule is CSc1nccc(C(Cc2ccc(F)cc2)C(=O)C(Cc2ccc(F)cc2)c2ccnc(SC)n2)n1. The average molecular weight is 523 g/mol. The van der Waals surface area contributed by atoms with E-state index in [1.807, 2.05) is 12.5 Å². The Morgan fingerprint density at radius 1 is 0.694 bits per heavy atom. The van der Waals surface area contributed by atoms with Crippen molar-refractivity contribution in [2.75, 3.05) is 12.5 Å². The normalized spacial score (nSPS) is 12.8. The highest BCUT2D eigenvalue weighted by atomic mass is 32.2. The van der Waals surface area contributed by atoms with Crippen LogP contribution in [0.15, 0.2) is 83.4 Å². The zero-order chi connectivity index (χ0) is 25.5. The maximum atomic E-state index is 14.3. The number of carbonyl (C=O) groups excluding carboxylic acids is 1. The molecule has 0 spiro atoms. The van der Waals surface area contributed by atoms with E-state index in [0.29, 0.717) is 34.5 Å². The molecular weight excluding hydrogens is 498 g/mol. The molecule has 9 heteroatoms. The molecule has 184 valence electrons. The van der Waals surface area contributed by atoms with E-state index < -0.39 is 11.8 Å². The number of rotatable bonds is 10. The predicted molar refractivity (Wildman–Crippen MR) is 138 cm³/mol. The minimum absolute atomic E-state index is 0.0832. The first-order valence-corrected chi connectivity index (χ1v) is 13.7. The Bertz CT molecular complexity index is 1220. The molecule has 0 N–H and O–H groups in total. The minimum atomic E-state index is -0.623. The average Bonchev–Trinajstić information content (AvgIpc) is 2.92. The number of nitrogens with zero attached hydrogens (tertiary/aromatic N) is 4. The standard InChI is InChI=1S/C27H24F2N4OS2/c1-35-26-30-13-11-23(32-26)21(15-17-3-7-19(28)8-4-17)25(34)22(16-18-5-9-20(29)10-6-18)24-12-14-31-27(33-24)36-2/h3-14,21-22H,15-16H2,1-2H3. The van der Waals surface area contributed by atoms with Crippen molar-refractivity contribution in [1.82, 2.24) is 19.9 Å². The van der Waals surface area contributed by atoms with Crippen LogP contribution in [0.2, 0.25) is 0 Å². The third kappa shape index (κ3) is 6.53. The zero-order valence-electron chi connectivity index (χ0n) is 19.8. The van der Waals surface area contributed by atoms with Crippen LogP contribution in [-0.2, 0) is 17.6 Å². The van der Waals surface area contributed by atoms with Crippen LogP contribution in [0.1, 0.15) is 34.4 Å². The van der Waals surface area contributed by atoms with Gasteiger partial charge in [-0.2, -0.15) is 0 Å². The van der Waals surface area contributed by atoms with Gasteiger partial charge in [-0.1, -0.05) is 47.8 Å². The first-order chi connectivity index (χ1) is 17.5. The largest absolute Gasteiger partial charge is 0.298 e. The smallest absolute Gasteiger partial charge is 0.187 e. The van der Waals surface area contributed by atoms with Crippen LogP contribution >= 0.6 is 23.5 Å². The second kappa shape index (κ2) is 12.2. The van der Waals surface area contributed by atoms with Gasteiger partial charge in [0.15, 0.2) is 16.1 Å². The predicted octanol–water partition coefficient (Wildman–Crippen LogP) is 5.91. The summed E-state index contributed by atoms with van der Waals surface area (Å²) >= 11 is 2.78. The van der Waals surface area contributed by atoms with Crippen molar-refractivity contribution < 1.29 is 13.6 Å². The summed E-state index contributed by atoms with van der Waals surface area (Å²) < 4.78 is 27.1. The number of ketones is 1. The van der Waals surface area contributed by atoms with Crippen molar-refractivity contribution in [3.8, 4) is 0 Å². The van der Waals surface area contributed by atoms with Gasteiger partial charge in [0.25, 0.3) is 0 Å². The summed E-state index contributed by atoms with van der Waals surface area (Å²) in [5.41, 5.74) is 2.80. The third-order valence-corrected chi connectivity index (χ3v) is 6.91. The number of aromatic nitrogens is 4. The van der Waals surface area contributed by atoms with Crippen LogP contribution < -0.4 is 0 Å². The van der Waals surface area contributed by atoms with E-state index in [0.717, 1.165) is 11.1 Å². The lowest BCUT2D eigenvalue weighted by Crippen LogP contribution is -2.26. The third-order valence-electron chi connectivity index (χ3n) is 5.78. The lowest BCUT2D eigenvalue weighted by Gasteiger charge is -2.23. The summed E-state index contributed by atoms with van der Waals surface area (Å²) in [7, 11) is 0. The Kier molecular flexibility index (Phi) is 8.77. The summed E-state index contributed by atoms with van der Waals surface area (Å²) in [6.07, 6.45) is 7.71. The minimum Gasteiger partial charge on any atom is -0.298 e. The highest BCUT2D eigenvalue weighted by Gasteiger charge is 2.32. The van der Waals surface area contributed by atoms with Gasteiger partial charge in [-0.15, -0.1) is 0 Å². The summed E-state index contributed by atoms with van der Waals surface area (Å²) in [5, 5.41) is 1.12. The molecule has 0 fully saturated rings. The Morgan fingerprint density at radius 2 is 1.08 bits per heavy atom. The molecule has 0 aliphatic heterocycles. The Morgan fingerprint density at radius 3 is 1.44 bits per heavy atom. The first kappa shape index (κ1) is 25.9. The lowest BCUT2D eigenvalue weighted by molar-refractivity contribution is -0.122. The number of halogens is 2. The summed E-state index contributed by atoms with van der Waals surface area (Å²) in [4.78, 5) is 32.1. The van der Waals surface area contributed by atoms with Gasteiger partial charge in [-0.3, -0.25) is 4.79 Å². The number of thioether (sulfide) groups is 2. The van der Waals surface area contributed by atoms with E-state index in [-0.39, 0.29) is 17.4 Å². The van der Waals surface area contributed by atoms with Gasteiger partial charge < -0.3 is 0 Å². The highest BCUT2D eigenvalue weighted by molar-refractivity contribution is 7.98. The molecule has 4 rings (SSSR count). The van der Waals surface area contributed by atoms with Crippen LogP contribution in [0.4, 0.5) is 8.78 Å². The molecule has 2 heterocycles. The molecule has 2 atom stereocenters. The molecule has 2 aromatic heterocycles. The van der Waals surface area contributed by atoms with Gasteiger partial charge in [0, 0.05) is 12.4 Å². The van der Waals surface area contributed by atoms with Crippen molar-refractivity contribution in [2.45, 2.75) is 35.0 Å². The molecule has 0 radical (unpaired) electrons. The molecular formula is C27H24F2N4OS2. The molecule has 4 aromatic rings. The van der Waals surface area contributed by atoms with Gasteiger partial charge >= 0.3 is 0 Å². The molecule has 0 saturated heterocycles. The lowest BCUT2D eigenvalue weighted by atomic mass is 9.81. The van der Waals surface area contributed by atoms with Crippen LogP contribution in [0.25, 0.3) is 0 Å². The fraction of sp³-hybridized carbons (Fsp3) is 0.222. The second-order valence-corrected chi connectivity index (χ2v) is 9.65. The molecule has 0 saturated carbocycles. The van der Waals surface area contributed by atoms with Crippen molar-refractivity contribution in [3.63, 3.8) is 0 Å². The Hall–Kier alpha value is -3.17. The molecule has 5 nitrogen and oxygen atoms in total. The fourth-order valence-electron chi connectivity index (χ4n) is 3.95. The zero-order valence-corrected chi connectivity index (χ0v) is 21.4. The van der Waals surface area contributed by atoms with E-state index in [4.69, 9.17) is 0 Å². The Balaban J connectivity index is 1.77. The molecule has 0 amide bonds. The van der Waals surface area contributed by atoms with Gasteiger partial charge in [0.1, 0.15) is 11.6 Å². The quantitative estimate of drug-likeness (QED) is 0.189. The van der Waals surface area contributed by atoms with E-state index in [1.165, 1.54) is 47.8 Å². The second-order valence-electron chi connectivity index (χ2n) is 8.11. The van der Waals surface area contributed by atoms with Gasteiger partial charge in [0.05, 0.1) is 23.2 Å². The number of carbonyl (C=O) groups is 1. The van der Waals surface area contributed by atoms with Crippen LogP contribution in [0.3, 0.4) is 0 Å². The number of hydrogen-bond acceptors (Lipinski definition) is 7. The highest BCUT2D eigenvalue weighted by Crippen LogP contribution is 2.32. The van der Waals surface area contributed by atoms with Crippen molar-refractivity contribution in [2.24, 2.45) is 0 Å². The summed E-state index contributed by atoms with van der Waals surface area (Å²) in [5.74, 6) is -2.01. The van der Waals surface area contributed by atoms with Gasteiger partial charge in [-0.25, -0.2) is 28.7 Å². The van der Waals surface area contributed by atoms with Gasteiger partial charge in [0.2, 0.25) is 0 Å². The van der Waals surface area contributed by atoms with E-state index >= 15 is 0 Å². The Labute approximate surface area is 217 Å². The molecule has 2 unspecified atom stereocenters. The summed E-state index contributed by atoms with van der Waals surface area (Å²) in [6.45, 7) is 0. The van der Waals surface area contributed by atoms with Crippen LogP contribution in [0, 0.1) is 11.6 Å². The molecule has 0 bridgehead atoms.